The van der Waals surface area contributed by atoms with Crippen LogP contribution in [0.4, 0.5) is 30.6 Å². The molecule has 7 nitrogen and oxygen atoms in total. The molecule has 0 radical (unpaired) electrons. The van der Waals surface area contributed by atoms with Crippen molar-refractivity contribution in [1.29, 1.82) is 0 Å². The maximum absolute atomic E-state index is 13.0. The standard InChI is InChI=1S/C21H21F3N6O/c22-21(23,24)15-3-1-4-16(13-15)28-9-11-29(12-10-28)18-6-2-5-17-25-20(27-30(17)18)26-19(31)14-7-8-14/h1-6,13-14H,7-12H2,(H,26,27,31). The molecule has 31 heavy (non-hydrogen) atoms. The van der Waals surface area contributed by atoms with E-state index in [-0.39, 0.29) is 17.8 Å². The van der Waals surface area contributed by atoms with E-state index in [0.717, 1.165) is 24.7 Å². The largest absolute Gasteiger partial charge is 0.416 e. The van der Waals surface area contributed by atoms with Crippen molar-refractivity contribution in [2.24, 2.45) is 5.92 Å². The molecule has 0 atom stereocenters. The second kappa shape index (κ2) is 7.44. The first kappa shape index (κ1) is 19.7. The number of nitrogens with one attached hydrogen (secondary N) is 1. The topological polar surface area (TPSA) is 65.8 Å². The number of piperazine rings is 1. The molecule has 2 aromatic heterocycles. The van der Waals surface area contributed by atoms with Crippen LogP contribution < -0.4 is 15.1 Å². The van der Waals surface area contributed by atoms with E-state index in [9.17, 15) is 18.0 Å². The molecule has 3 aromatic rings. The van der Waals surface area contributed by atoms with E-state index in [1.807, 2.05) is 23.1 Å². The van der Waals surface area contributed by atoms with Crippen LogP contribution in [0.5, 0.6) is 0 Å². The Morgan fingerprint density at radius 3 is 2.42 bits per heavy atom. The van der Waals surface area contributed by atoms with Gasteiger partial charge in [-0.15, -0.1) is 5.10 Å². The molecule has 162 valence electrons. The number of anilines is 3. The molecular weight excluding hydrogens is 409 g/mol. The number of amides is 1. The highest BCUT2D eigenvalue weighted by Gasteiger charge is 2.32. The Morgan fingerprint density at radius 1 is 1.00 bits per heavy atom. The van der Waals surface area contributed by atoms with Crippen LogP contribution >= 0.6 is 0 Å². The number of aromatic nitrogens is 3. The highest BCUT2D eigenvalue weighted by atomic mass is 19.4. The normalized spacial score (nSPS) is 17.3. The molecule has 0 unspecified atom stereocenters. The van der Waals surface area contributed by atoms with Crippen molar-refractivity contribution < 1.29 is 18.0 Å². The fraction of sp³-hybridized carbons (Fsp3) is 0.381. The average Bonchev–Trinajstić information content (AvgIpc) is 3.53. The van der Waals surface area contributed by atoms with Gasteiger partial charge in [0.1, 0.15) is 5.82 Å². The van der Waals surface area contributed by atoms with Crippen LogP contribution in [0.15, 0.2) is 42.5 Å². The minimum atomic E-state index is -4.35. The lowest BCUT2D eigenvalue weighted by Crippen LogP contribution is -2.47. The molecule has 1 amide bonds. The molecule has 0 bridgehead atoms. The van der Waals surface area contributed by atoms with E-state index in [1.165, 1.54) is 12.1 Å². The molecule has 2 aliphatic rings. The Hall–Kier alpha value is -3.30. The lowest BCUT2D eigenvalue weighted by atomic mass is 10.1. The van der Waals surface area contributed by atoms with E-state index in [2.05, 4.69) is 20.3 Å². The Labute approximate surface area is 176 Å². The van der Waals surface area contributed by atoms with E-state index in [0.29, 0.717) is 37.5 Å². The monoisotopic (exact) mass is 430 g/mol. The lowest BCUT2D eigenvalue weighted by Gasteiger charge is -2.37. The first-order valence-electron chi connectivity index (χ1n) is 10.2. The van der Waals surface area contributed by atoms with Crippen molar-refractivity contribution in [2.75, 3.05) is 41.3 Å². The number of carbonyl (C=O) groups is 1. The fourth-order valence-electron chi connectivity index (χ4n) is 3.81. The van der Waals surface area contributed by atoms with Gasteiger partial charge in [0.15, 0.2) is 5.65 Å². The van der Waals surface area contributed by atoms with Crippen molar-refractivity contribution in [3.63, 3.8) is 0 Å². The van der Waals surface area contributed by atoms with Gasteiger partial charge in [-0.05, 0) is 43.2 Å². The summed E-state index contributed by atoms with van der Waals surface area (Å²) in [5.74, 6) is 1.13. The Balaban J connectivity index is 1.31. The zero-order chi connectivity index (χ0) is 21.6. The van der Waals surface area contributed by atoms with E-state index >= 15 is 0 Å². The van der Waals surface area contributed by atoms with E-state index in [1.54, 1.807) is 10.6 Å². The van der Waals surface area contributed by atoms with Crippen LogP contribution in [0.25, 0.3) is 5.65 Å². The third-order valence-corrected chi connectivity index (χ3v) is 5.67. The first-order valence-corrected chi connectivity index (χ1v) is 10.2. The maximum Gasteiger partial charge on any atom is 0.416 e. The summed E-state index contributed by atoms with van der Waals surface area (Å²) in [5.41, 5.74) is 0.558. The third kappa shape index (κ3) is 4.01. The van der Waals surface area contributed by atoms with Gasteiger partial charge in [-0.25, -0.2) is 0 Å². The molecule has 1 aliphatic carbocycles. The number of hydrogen-bond acceptors (Lipinski definition) is 5. The number of hydrogen-bond donors (Lipinski definition) is 1. The fourth-order valence-corrected chi connectivity index (χ4v) is 3.81. The minimum Gasteiger partial charge on any atom is -0.368 e. The summed E-state index contributed by atoms with van der Waals surface area (Å²) in [6.45, 7) is 2.41. The van der Waals surface area contributed by atoms with Gasteiger partial charge in [0, 0.05) is 37.8 Å². The van der Waals surface area contributed by atoms with Gasteiger partial charge in [-0.2, -0.15) is 22.7 Å². The van der Waals surface area contributed by atoms with Gasteiger partial charge < -0.3 is 9.80 Å². The zero-order valence-electron chi connectivity index (χ0n) is 16.6. The highest BCUT2D eigenvalue weighted by molar-refractivity contribution is 5.92. The lowest BCUT2D eigenvalue weighted by molar-refractivity contribution is -0.137. The molecule has 10 heteroatoms. The van der Waals surface area contributed by atoms with Crippen LogP contribution in [0.3, 0.4) is 0 Å². The molecule has 2 fully saturated rings. The van der Waals surface area contributed by atoms with Gasteiger partial charge in [-0.3, -0.25) is 10.1 Å². The number of nitrogens with zero attached hydrogens (tertiary/aromatic N) is 5. The molecule has 3 heterocycles. The summed E-state index contributed by atoms with van der Waals surface area (Å²) < 4.78 is 40.8. The highest BCUT2D eigenvalue weighted by Crippen LogP contribution is 2.32. The number of rotatable bonds is 4. The van der Waals surface area contributed by atoms with Crippen molar-refractivity contribution in [3.8, 4) is 0 Å². The predicted octanol–water partition coefficient (Wildman–Crippen LogP) is 3.42. The van der Waals surface area contributed by atoms with Gasteiger partial charge >= 0.3 is 6.18 Å². The number of halogens is 3. The van der Waals surface area contributed by atoms with Crippen LogP contribution in [0.1, 0.15) is 18.4 Å². The van der Waals surface area contributed by atoms with Gasteiger partial charge in [0.25, 0.3) is 0 Å². The smallest absolute Gasteiger partial charge is 0.368 e. The Bertz CT molecular complexity index is 1120. The summed E-state index contributed by atoms with van der Waals surface area (Å²) in [5, 5.41) is 7.22. The van der Waals surface area contributed by atoms with Gasteiger partial charge in [0.05, 0.1) is 5.56 Å². The number of fused-ring (bicyclic) bond motifs is 1. The molecule has 1 saturated carbocycles. The van der Waals surface area contributed by atoms with Crippen molar-refractivity contribution in [2.45, 2.75) is 19.0 Å². The van der Waals surface area contributed by atoms with Crippen LogP contribution in [0.2, 0.25) is 0 Å². The number of carbonyl (C=O) groups excluding carboxylic acids is 1. The summed E-state index contributed by atoms with van der Waals surface area (Å²) in [4.78, 5) is 20.5. The van der Waals surface area contributed by atoms with Crippen molar-refractivity contribution in [3.05, 3.63) is 48.0 Å². The predicted molar refractivity (Wildman–Crippen MR) is 110 cm³/mol. The third-order valence-electron chi connectivity index (χ3n) is 5.67. The Kier molecular flexibility index (Phi) is 4.71. The SMILES string of the molecule is O=C(Nc1nc2cccc(N3CCN(c4cccc(C(F)(F)F)c4)CC3)n2n1)C1CC1. The van der Waals surface area contributed by atoms with Gasteiger partial charge in [0.2, 0.25) is 11.9 Å². The first-order chi connectivity index (χ1) is 14.9. The maximum atomic E-state index is 13.0. The molecule has 0 spiro atoms. The van der Waals surface area contributed by atoms with Crippen LogP contribution in [-0.4, -0.2) is 46.7 Å². The zero-order valence-corrected chi connectivity index (χ0v) is 16.6. The van der Waals surface area contributed by atoms with Crippen molar-refractivity contribution >= 4 is 29.0 Å². The van der Waals surface area contributed by atoms with Crippen molar-refractivity contribution in [1.82, 2.24) is 14.6 Å². The second-order valence-corrected chi connectivity index (χ2v) is 7.88. The number of pyridine rings is 1. The van der Waals surface area contributed by atoms with Crippen LogP contribution in [-0.2, 0) is 11.0 Å². The average molecular weight is 430 g/mol. The molecule has 5 rings (SSSR count). The summed E-state index contributed by atoms with van der Waals surface area (Å²) in [7, 11) is 0. The quantitative estimate of drug-likeness (QED) is 0.687. The summed E-state index contributed by atoms with van der Waals surface area (Å²) >= 11 is 0. The molecule has 1 saturated heterocycles. The van der Waals surface area contributed by atoms with Gasteiger partial charge in [-0.1, -0.05) is 12.1 Å². The molecular formula is C21H21F3N6O. The Morgan fingerprint density at radius 2 is 1.71 bits per heavy atom. The second-order valence-electron chi connectivity index (χ2n) is 7.88. The summed E-state index contributed by atoms with van der Waals surface area (Å²) in [6, 6.07) is 11.1. The van der Waals surface area contributed by atoms with E-state index < -0.39 is 11.7 Å². The van der Waals surface area contributed by atoms with E-state index in [4.69, 9.17) is 0 Å². The minimum absolute atomic E-state index is 0.0489. The number of alkyl halides is 3. The van der Waals surface area contributed by atoms with Crippen LogP contribution in [0, 0.1) is 5.92 Å². The molecule has 1 aliphatic heterocycles. The summed E-state index contributed by atoms with van der Waals surface area (Å²) in [6.07, 6.45) is -2.55. The molecule has 1 aromatic carbocycles. The molecule has 1 N–H and O–H groups in total. The number of benzene rings is 1.